The van der Waals surface area contributed by atoms with Crippen molar-refractivity contribution < 1.29 is 8.42 Å². The molecule has 0 aromatic heterocycles. The van der Waals surface area contributed by atoms with E-state index in [1.165, 1.54) is 0 Å². The average Bonchev–Trinajstić information content (AvgIpc) is 2.35. The topological polar surface area (TPSA) is 66.6 Å². The summed E-state index contributed by atoms with van der Waals surface area (Å²) < 4.78 is 23.5. The van der Waals surface area contributed by atoms with Gasteiger partial charge in [0.05, 0.1) is 10.5 Å². The minimum Gasteiger partial charge on any atom is -0.329 e. The second-order valence-electron chi connectivity index (χ2n) is 6.39. The van der Waals surface area contributed by atoms with Gasteiger partial charge in [0.2, 0.25) is 0 Å². The highest BCUT2D eigenvalue weighted by atomic mass is 32.2. The number of hydrogen-bond donors (Lipinski definition) is 1. The Kier molecular flexibility index (Phi) is 5.79. The van der Waals surface area contributed by atoms with E-state index < -0.39 is 14.6 Å². The molecule has 0 spiro atoms. The van der Waals surface area contributed by atoms with E-state index >= 15 is 0 Å². The smallest absolute Gasteiger partial charge is 0.156 e. The molecule has 19 heavy (non-hydrogen) atoms. The predicted octanol–water partition coefficient (Wildman–Crippen LogP) is 0.165. The molecule has 1 unspecified atom stereocenters. The fourth-order valence-electron chi connectivity index (χ4n) is 2.13. The summed E-state index contributed by atoms with van der Waals surface area (Å²) in [5.74, 6) is 0.253. The second-order valence-corrected chi connectivity index (χ2v) is 9.26. The van der Waals surface area contributed by atoms with Gasteiger partial charge < -0.3 is 5.73 Å². The highest BCUT2D eigenvalue weighted by Gasteiger charge is 2.29. The lowest BCUT2D eigenvalue weighted by atomic mass is 10.2. The minimum absolute atomic E-state index is 0.253. The molecule has 0 radical (unpaired) electrons. The summed E-state index contributed by atoms with van der Waals surface area (Å²) in [5.41, 5.74) is 5.67. The number of nitrogens with two attached hydrogens (primary N) is 1. The van der Waals surface area contributed by atoms with Crippen molar-refractivity contribution in [3.63, 3.8) is 0 Å². The van der Waals surface area contributed by atoms with Crippen LogP contribution in [0.2, 0.25) is 0 Å². The van der Waals surface area contributed by atoms with Gasteiger partial charge in [-0.25, -0.2) is 8.42 Å². The van der Waals surface area contributed by atoms with Gasteiger partial charge in [0.25, 0.3) is 0 Å². The van der Waals surface area contributed by atoms with Gasteiger partial charge in [-0.3, -0.25) is 9.80 Å². The Hall–Kier alpha value is -0.170. The van der Waals surface area contributed by atoms with Crippen molar-refractivity contribution in [1.82, 2.24) is 9.80 Å². The minimum atomic E-state index is -3.01. The Bertz CT molecular complexity index is 368. The van der Waals surface area contributed by atoms with Crippen LogP contribution in [0.3, 0.4) is 0 Å². The zero-order valence-electron chi connectivity index (χ0n) is 12.7. The summed E-state index contributed by atoms with van der Waals surface area (Å²) in [6.07, 6.45) is 0. The number of sulfone groups is 1. The molecule has 5 nitrogen and oxygen atoms in total. The Balaban J connectivity index is 2.39. The molecule has 0 bridgehead atoms. The van der Waals surface area contributed by atoms with E-state index in [4.69, 9.17) is 5.73 Å². The van der Waals surface area contributed by atoms with Gasteiger partial charge in [0.1, 0.15) is 0 Å². The van der Waals surface area contributed by atoms with Crippen molar-refractivity contribution in [1.29, 1.82) is 0 Å². The monoisotopic (exact) mass is 291 g/mol. The van der Waals surface area contributed by atoms with Crippen molar-refractivity contribution in [2.75, 3.05) is 45.0 Å². The van der Waals surface area contributed by atoms with E-state index in [1.807, 2.05) is 0 Å². The van der Waals surface area contributed by atoms with Crippen LogP contribution in [0.25, 0.3) is 0 Å². The third kappa shape index (κ3) is 4.70. The Morgan fingerprint density at radius 3 is 2.11 bits per heavy atom. The number of rotatable bonds is 5. The van der Waals surface area contributed by atoms with E-state index in [0.29, 0.717) is 19.1 Å². The van der Waals surface area contributed by atoms with Crippen LogP contribution in [-0.4, -0.2) is 74.0 Å². The van der Waals surface area contributed by atoms with Crippen molar-refractivity contribution in [2.45, 2.75) is 38.5 Å². The molecule has 0 saturated carbocycles. The fraction of sp³-hybridized carbons (Fsp3) is 1.00. The molecule has 1 aliphatic rings. The zero-order chi connectivity index (χ0) is 14.7. The molecule has 6 heteroatoms. The molecule has 0 aromatic carbocycles. The number of nitrogens with zero attached hydrogens (tertiary/aromatic N) is 2. The Labute approximate surface area is 118 Å². The van der Waals surface area contributed by atoms with Gasteiger partial charge in [-0.15, -0.1) is 0 Å². The molecule has 1 aliphatic heterocycles. The summed E-state index contributed by atoms with van der Waals surface area (Å²) in [7, 11) is -3.01. The number of piperazine rings is 1. The van der Waals surface area contributed by atoms with Crippen molar-refractivity contribution >= 4 is 9.84 Å². The standard InChI is InChI=1S/C13H29N3O2S/c1-12(11-14)16-7-5-15(6-8-16)9-10-19(17,18)13(2,3)4/h12H,5-11,14H2,1-4H3. The van der Waals surface area contributed by atoms with Gasteiger partial charge in [-0.05, 0) is 27.7 Å². The molecule has 1 rings (SSSR count). The lowest BCUT2D eigenvalue weighted by Gasteiger charge is -2.37. The number of hydrogen-bond acceptors (Lipinski definition) is 5. The SMILES string of the molecule is CC(CN)N1CCN(CCS(=O)(=O)C(C)(C)C)CC1. The van der Waals surface area contributed by atoms with E-state index in [0.717, 1.165) is 26.2 Å². The van der Waals surface area contributed by atoms with Crippen LogP contribution < -0.4 is 5.73 Å². The molecule has 1 saturated heterocycles. The highest BCUT2D eigenvalue weighted by molar-refractivity contribution is 7.92. The first-order valence-corrected chi connectivity index (χ1v) is 8.71. The zero-order valence-corrected chi connectivity index (χ0v) is 13.5. The van der Waals surface area contributed by atoms with Crippen molar-refractivity contribution in [3.8, 4) is 0 Å². The lowest BCUT2D eigenvalue weighted by Crippen LogP contribution is -2.52. The normalized spacial score (nSPS) is 21.5. The molecular formula is C13H29N3O2S. The van der Waals surface area contributed by atoms with Crippen LogP contribution >= 0.6 is 0 Å². The summed E-state index contributed by atoms with van der Waals surface area (Å²) >= 11 is 0. The molecule has 1 atom stereocenters. The molecule has 114 valence electrons. The van der Waals surface area contributed by atoms with Crippen LogP contribution in [0, 0.1) is 0 Å². The predicted molar refractivity (Wildman–Crippen MR) is 80.1 cm³/mol. The molecular weight excluding hydrogens is 262 g/mol. The average molecular weight is 291 g/mol. The largest absolute Gasteiger partial charge is 0.329 e. The maximum Gasteiger partial charge on any atom is 0.156 e. The summed E-state index contributed by atoms with van der Waals surface area (Å²) in [6.45, 7) is 12.6. The molecule has 1 heterocycles. The summed E-state index contributed by atoms with van der Waals surface area (Å²) in [6, 6.07) is 0.417. The first kappa shape index (κ1) is 16.9. The van der Waals surface area contributed by atoms with Crippen molar-refractivity contribution in [2.24, 2.45) is 5.73 Å². The third-order valence-corrected chi connectivity index (χ3v) is 6.57. The molecule has 0 amide bonds. The van der Waals surface area contributed by atoms with E-state index in [-0.39, 0.29) is 5.75 Å². The summed E-state index contributed by atoms with van der Waals surface area (Å²) in [5, 5.41) is 0. The van der Waals surface area contributed by atoms with Gasteiger partial charge >= 0.3 is 0 Å². The molecule has 2 N–H and O–H groups in total. The maximum atomic E-state index is 12.1. The Morgan fingerprint density at radius 1 is 1.16 bits per heavy atom. The first-order chi connectivity index (χ1) is 8.67. The molecule has 0 aromatic rings. The fourth-order valence-corrected chi connectivity index (χ4v) is 3.24. The van der Waals surface area contributed by atoms with E-state index in [9.17, 15) is 8.42 Å². The van der Waals surface area contributed by atoms with Gasteiger partial charge in [-0.2, -0.15) is 0 Å². The van der Waals surface area contributed by atoms with E-state index in [2.05, 4.69) is 16.7 Å². The Morgan fingerprint density at radius 2 is 1.68 bits per heavy atom. The molecule has 1 fully saturated rings. The highest BCUT2D eigenvalue weighted by Crippen LogP contribution is 2.16. The quantitative estimate of drug-likeness (QED) is 0.782. The van der Waals surface area contributed by atoms with Crippen LogP contribution in [0.15, 0.2) is 0 Å². The summed E-state index contributed by atoms with van der Waals surface area (Å²) in [4.78, 5) is 4.61. The van der Waals surface area contributed by atoms with Gasteiger partial charge in [-0.1, -0.05) is 0 Å². The van der Waals surface area contributed by atoms with Crippen LogP contribution in [0.4, 0.5) is 0 Å². The van der Waals surface area contributed by atoms with Crippen LogP contribution in [0.5, 0.6) is 0 Å². The lowest BCUT2D eigenvalue weighted by molar-refractivity contribution is 0.109. The van der Waals surface area contributed by atoms with E-state index in [1.54, 1.807) is 20.8 Å². The first-order valence-electron chi connectivity index (χ1n) is 7.06. The van der Waals surface area contributed by atoms with Crippen LogP contribution in [-0.2, 0) is 9.84 Å². The molecule has 0 aliphatic carbocycles. The second kappa shape index (κ2) is 6.52. The maximum absolute atomic E-state index is 12.1. The van der Waals surface area contributed by atoms with Gasteiger partial charge in [0, 0.05) is 45.3 Å². The van der Waals surface area contributed by atoms with Crippen LogP contribution in [0.1, 0.15) is 27.7 Å². The van der Waals surface area contributed by atoms with Crippen molar-refractivity contribution in [3.05, 3.63) is 0 Å². The third-order valence-electron chi connectivity index (χ3n) is 3.98. The van der Waals surface area contributed by atoms with Gasteiger partial charge in [0.15, 0.2) is 9.84 Å².